The number of rotatable bonds is 3. The summed E-state index contributed by atoms with van der Waals surface area (Å²) < 4.78 is 0. The maximum atomic E-state index is 4.94. The van der Waals surface area contributed by atoms with Crippen LogP contribution in [-0.4, -0.2) is 0 Å². The fraction of sp³-hybridized carbons (Fsp3) is 0.0769. The van der Waals surface area contributed by atoms with Gasteiger partial charge in [-0.1, -0.05) is 84.9 Å². The van der Waals surface area contributed by atoms with E-state index in [2.05, 4.69) is 98.8 Å². The van der Waals surface area contributed by atoms with E-state index in [1.807, 2.05) is 6.07 Å². The third-order valence-corrected chi connectivity index (χ3v) is 5.69. The van der Waals surface area contributed by atoms with Crippen LogP contribution in [0.25, 0.3) is 33.4 Å². The molecule has 4 aromatic carbocycles. The summed E-state index contributed by atoms with van der Waals surface area (Å²) in [7, 11) is 0. The van der Waals surface area contributed by atoms with Crippen LogP contribution in [0.2, 0.25) is 0 Å². The Labute approximate surface area is 166 Å². The monoisotopic (exact) mass is 366 g/mol. The highest BCUT2D eigenvalue weighted by Crippen LogP contribution is 2.38. The summed E-state index contributed by atoms with van der Waals surface area (Å²) in [5.41, 5.74) is 9.84. The van der Waals surface area contributed by atoms with E-state index in [1.165, 1.54) is 38.9 Å². The molecule has 0 aliphatic heterocycles. The second kappa shape index (κ2) is 7.46. The van der Waals surface area contributed by atoms with Crippen LogP contribution in [0.5, 0.6) is 0 Å². The Hall–Kier alpha value is -2.77. The standard InChI is InChI=1S/C26H22S/c1-18-9-6-14-23(19(18)2)25-16-8-15-24(26(25)27)22-13-7-12-21(17-22)20-10-4-3-5-11-20/h3-17,27H,1-2H3. The van der Waals surface area contributed by atoms with Gasteiger partial charge in [0.1, 0.15) is 0 Å². The van der Waals surface area contributed by atoms with Gasteiger partial charge in [-0.2, -0.15) is 0 Å². The second-order valence-corrected chi connectivity index (χ2v) is 7.34. The molecule has 0 aliphatic rings. The molecule has 0 unspecified atom stereocenters. The molecule has 0 saturated heterocycles. The third-order valence-electron chi connectivity index (χ3n) is 5.21. The third kappa shape index (κ3) is 3.43. The molecule has 1 heteroatoms. The molecule has 0 aliphatic carbocycles. The average Bonchev–Trinajstić information content (AvgIpc) is 2.71. The lowest BCUT2D eigenvalue weighted by atomic mass is 9.93. The summed E-state index contributed by atoms with van der Waals surface area (Å²) in [5, 5.41) is 0. The first kappa shape index (κ1) is 17.6. The van der Waals surface area contributed by atoms with Crippen molar-refractivity contribution in [3.05, 3.63) is 102 Å². The summed E-state index contributed by atoms with van der Waals surface area (Å²) in [5.74, 6) is 0. The van der Waals surface area contributed by atoms with Crippen LogP contribution in [0.1, 0.15) is 11.1 Å². The van der Waals surface area contributed by atoms with Gasteiger partial charge in [0.15, 0.2) is 0 Å². The fourth-order valence-corrected chi connectivity index (χ4v) is 3.93. The summed E-state index contributed by atoms with van der Waals surface area (Å²) in [6.07, 6.45) is 0. The van der Waals surface area contributed by atoms with Crippen molar-refractivity contribution in [2.75, 3.05) is 0 Å². The predicted molar refractivity (Wildman–Crippen MR) is 119 cm³/mol. The van der Waals surface area contributed by atoms with E-state index >= 15 is 0 Å². The number of aryl methyl sites for hydroxylation is 1. The zero-order valence-corrected chi connectivity index (χ0v) is 16.5. The van der Waals surface area contributed by atoms with Crippen LogP contribution in [0, 0.1) is 13.8 Å². The van der Waals surface area contributed by atoms with Crippen LogP contribution < -0.4 is 0 Å². The average molecular weight is 367 g/mol. The number of benzene rings is 4. The van der Waals surface area contributed by atoms with Crippen molar-refractivity contribution < 1.29 is 0 Å². The molecule has 0 aromatic heterocycles. The molecule has 132 valence electrons. The maximum absolute atomic E-state index is 4.94. The Balaban J connectivity index is 1.84. The predicted octanol–water partition coefficient (Wildman–Crippen LogP) is 7.59. The lowest BCUT2D eigenvalue weighted by Crippen LogP contribution is -1.90. The molecular weight excluding hydrogens is 344 g/mol. The molecule has 0 bridgehead atoms. The minimum Gasteiger partial charge on any atom is -0.142 e. The molecule has 0 nitrogen and oxygen atoms in total. The molecule has 0 heterocycles. The van der Waals surface area contributed by atoms with Gasteiger partial charge in [0, 0.05) is 4.90 Å². The zero-order chi connectivity index (χ0) is 18.8. The largest absolute Gasteiger partial charge is 0.142 e. The van der Waals surface area contributed by atoms with Gasteiger partial charge in [-0.25, -0.2) is 0 Å². The van der Waals surface area contributed by atoms with Gasteiger partial charge in [-0.05, 0) is 64.4 Å². The molecule has 0 radical (unpaired) electrons. The highest BCUT2D eigenvalue weighted by atomic mass is 32.1. The molecule has 27 heavy (non-hydrogen) atoms. The van der Waals surface area contributed by atoms with E-state index in [0.717, 1.165) is 10.5 Å². The molecule has 0 N–H and O–H groups in total. The Morgan fingerprint density at radius 1 is 0.519 bits per heavy atom. The van der Waals surface area contributed by atoms with Crippen molar-refractivity contribution in [3.63, 3.8) is 0 Å². The minimum absolute atomic E-state index is 1.02. The molecule has 0 atom stereocenters. The highest BCUT2D eigenvalue weighted by Gasteiger charge is 2.12. The number of hydrogen-bond acceptors (Lipinski definition) is 1. The quantitative estimate of drug-likeness (QED) is 0.355. The topological polar surface area (TPSA) is 0 Å². The van der Waals surface area contributed by atoms with E-state index in [9.17, 15) is 0 Å². The van der Waals surface area contributed by atoms with Gasteiger partial charge < -0.3 is 0 Å². The fourth-order valence-electron chi connectivity index (χ4n) is 3.53. The highest BCUT2D eigenvalue weighted by molar-refractivity contribution is 7.80. The molecular formula is C26H22S. The van der Waals surface area contributed by atoms with Crippen LogP contribution in [0.3, 0.4) is 0 Å². The van der Waals surface area contributed by atoms with E-state index in [0.29, 0.717) is 0 Å². The van der Waals surface area contributed by atoms with Gasteiger partial charge >= 0.3 is 0 Å². The van der Waals surface area contributed by atoms with E-state index in [4.69, 9.17) is 12.6 Å². The SMILES string of the molecule is Cc1cccc(-c2cccc(-c3cccc(-c4ccccc4)c3)c2S)c1C. The normalized spacial score (nSPS) is 10.8. The van der Waals surface area contributed by atoms with Crippen molar-refractivity contribution in [1.29, 1.82) is 0 Å². The molecule has 0 saturated carbocycles. The first-order chi connectivity index (χ1) is 13.1. The first-order valence-corrected chi connectivity index (χ1v) is 9.64. The van der Waals surface area contributed by atoms with Crippen LogP contribution in [-0.2, 0) is 0 Å². The summed E-state index contributed by atoms with van der Waals surface area (Å²) in [6.45, 7) is 4.34. The maximum Gasteiger partial charge on any atom is 0.0197 e. The number of thiol groups is 1. The lowest BCUT2D eigenvalue weighted by molar-refractivity contribution is 1.32. The van der Waals surface area contributed by atoms with Gasteiger partial charge in [-0.15, -0.1) is 12.6 Å². The van der Waals surface area contributed by atoms with Gasteiger partial charge in [0.2, 0.25) is 0 Å². The van der Waals surface area contributed by atoms with Gasteiger partial charge in [0.25, 0.3) is 0 Å². The van der Waals surface area contributed by atoms with Gasteiger partial charge in [0.05, 0.1) is 0 Å². The van der Waals surface area contributed by atoms with Crippen molar-refractivity contribution in [3.8, 4) is 33.4 Å². The summed E-state index contributed by atoms with van der Waals surface area (Å²) in [4.78, 5) is 1.02. The van der Waals surface area contributed by atoms with E-state index in [1.54, 1.807) is 0 Å². The van der Waals surface area contributed by atoms with Crippen LogP contribution >= 0.6 is 12.6 Å². The lowest BCUT2D eigenvalue weighted by Gasteiger charge is -2.15. The van der Waals surface area contributed by atoms with Crippen LogP contribution in [0.4, 0.5) is 0 Å². The van der Waals surface area contributed by atoms with Crippen molar-refractivity contribution in [2.45, 2.75) is 18.7 Å². The Kier molecular flexibility index (Phi) is 4.87. The van der Waals surface area contributed by atoms with E-state index < -0.39 is 0 Å². The summed E-state index contributed by atoms with van der Waals surface area (Å²) >= 11 is 4.94. The smallest absolute Gasteiger partial charge is 0.0197 e. The number of hydrogen-bond donors (Lipinski definition) is 1. The minimum atomic E-state index is 1.02. The van der Waals surface area contributed by atoms with Crippen molar-refractivity contribution in [2.24, 2.45) is 0 Å². The van der Waals surface area contributed by atoms with Crippen LogP contribution in [0.15, 0.2) is 95.9 Å². The zero-order valence-electron chi connectivity index (χ0n) is 15.6. The molecule has 4 rings (SSSR count). The molecule has 0 fully saturated rings. The second-order valence-electron chi connectivity index (χ2n) is 6.90. The van der Waals surface area contributed by atoms with Crippen molar-refractivity contribution in [1.82, 2.24) is 0 Å². The first-order valence-electron chi connectivity index (χ1n) is 9.19. The van der Waals surface area contributed by atoms with E-state index in [-0.39, 0.29) is 0 Å². The molecule has 0 amide bonds. The molecule has 4 aromatic rings. The molecule has 0 spiro atoms. The van der Waals surface area contributed by atoms with Crippen molar-refractivity contribution >= 4 is 12.6 Å². The Morgan fingerprint density at radius 2 is 1.11 bits per heavy atom. The Bertz CT molecular complexity index is 1090. The summed E-state index contributed by atoms with van der Waals surface area (Å²) in [6, 6.07) is 32.1. The van der Waals surface area contributed by atoms with Gasteiger partial charge in [-0.3, -0.25) is 0 Å². The Morgan fingerprint density at radius 3 is 1.93 bits per heavy atom.